The van der Waals surface area contributed by atoms with Crippen LogP contribution in [0.15, 0.2) is 24.5 Å². The molecule has 3 aromatic rings. The minimum absolute atomic E-state index is 0.751. The monoisotopic (exact) mass is 381 g/mol. The minimum atomic E-state index is 0.751. The summed E-state index contributed by atoms with van der Waals surface area (Å²) in [6.07, 6.45) is 1.66. The average molecular weight is 381 g/mol. The van der Waals surface area contributed by atoms with Gasteiger partial charge >= 0.3 is 0 Å². The number of ether oxygens (including phenoxy) is 1. The van der Waals surface area contributed by atoms with Gasteiger partial charge in [0.25, 0.3) is 0 Å². The Morgan fingerprint density at radius 3 is 2.14 bits per heavy atom. The molecule has 0 amide bonds. The van der Waals surface area contributed by atoms with Gasteiger partial charge in [-0.2, -0.15) is 4.52 Å². The second-order valence-corrected chi connectivity index (χ2v) is 7.02. The fourth-order valence-corrected chi connectivity index (χ4v) is 3.70. The number of morpholine rings is 1. The normalized spacial score (nSPS) is 18.1. The van der Waals surface area contributed by atoms with Crippen molar-refractivity contribution in [2.24, 2.45) is 0 Å². The Hall–Kier alpha value is -3.01. The van der Waals surface area contributed by atoms with Gasteiger partial charge < -0.3 is 19.4 Å². The van der Waals surface area contributed by atoms with Gasteiger partial charge in [0, 0.05) is 45.3 Å². The van der Waals surface area contributed by atoms with Crippen molar-refractivity contribution in [1.82, 2.24) is 29.8 Å². The average Bonchev–Trinajstić information content (AvgIpc) is 3.15. The zero-order valence-corrected chi connectivity index (χ0v) is 15.9. The van der Waals surface area contributed by atoms with Crippen molar-refractivity contribution in [2.45, 2.75) is 6.92 Å². The van der Waals surface area contributed by atoms with Gasteiger partial charge in [0.2, 0.25) is 0 Å². The maximum Gasteiger partial charge on any atom is 0.178 e. The molecule has 0 saturated carbocycles. The summed E-state index contributed by atoms with van der Waals surface area (Å²) < 4.78 is 7.23. The third-order valence-electron chi connectivity index (χ3n) is 5.31. The van der Waals surface area contributed by atoms with Gasteiger partial charge in [-0.15, -0.1) is 15.3 Å². The molecular formula is C18H23N9O. The van der Waals surface area contributed by atoms with Crippen molar-refractivity contribution in [1.29, 1.82) is 0 Å². The first kappa shape index (κ1) is 17.1. The summed E-state index contributed by atoms with van der Waals surface area (Å²) in [5.74, 6) is 3.71. The van der Waals surface area contributed by atoms with E-state index in [2.05, 4.69) is 46.0 Å². The molecule has 0 spiro atoms. The zero-order valence-electron chi connectivity index (χ0n) is 15.9. The highest BCUT2D eigenvalue weighted by molar-refractivity contribution is 5.52. The molecule has 2 saturated heterocycles. The number of aromatic nitrogens is 6. The number of nitrogens with zero attached hydrogens (tertiary/aromatic N) is 9. The van der Waals surface area contributed by atoms with E-state index in [-0.39, 0.29) is 0 Å². The lowest BCUT2D eigenvalue weighted by Gasteiger charge is -2.36. The van der Waals surface area contributed by atoms with Crippen LogP contribution in [0.5, 0.6) is 0 Å². The Labute approximate surface area is 162 Å². The molecule has 2 fully saturated rings. The van der Waals surface area contributed by atoms with Crippen molar-refractivity contribution in [3.8, 4) is 0 Å². The molecule has 0 N–H and O–H groups in total. The molecular weight excluding hydrogens is 358 g/mol. The van der Waals surface area contributed by atoms with Crippen LogP contribution in [0.3, 0.4) is 0 Å². The zero-order chi connectivity index (χ0) is 18.9. The third-order valence-corrected chi connectivity index (χ3v) is 5.31. The van der Waals surface area contributed by atoms with Gasteiger partial charge in [0.15, 0.2) is 11.5 Å². The van der Waals surface area contributed by atoms with Gasteiger partial charge in [0.1, 0.15) is 23.8 Å². The van der Waals surface area contributed by atoms with Gasteiger partial charge in [0.05, 0.1) is 13.2 Å². The number of hydrogen-bond acceptors (Lipinski definition) is 9. The second kappa shape index (κ2) is 7.19. The number of piperazine rings is 1. The van der Waals surface area contributed by atoms with Crippen LogP contribution in [0.2, 0.25) is 0 Å². The van der Waals surface area contributed by atoms with Crippen molar-refractivity contribution >= 4 is 23.1 Å². The van der Waals surface area contributed by atoms with E-state index in [0.717, 1.165) is 81.4 Å². The van der Waals surface area contributed by atoms with Crippen molar-refractivity contribution < 1.29 is 4.74 Å². The Kier molecular flexibility index (Phi) is 4.40. The summed E-state index contributed by atoms with van der Waals surface area (Å²) in [4.78, 5) is 15.8. The smallest absolute Gasteiger partial charge is 0.178 e. The van der Waals surface area contributed by atoms with E-state index in [1.165, 1.54) is 0 Å². The van der Waals surface area contributed by atoms with E-state index in [0.29, 0.717) is 0 Å². The van der Waals surface area contributed by atoms with E-state index < -0.39 is 0 Å². The van der Waals surface area contributed by atoms with Gasteiger partial charge in [-0.1, -0.05) is 0 Å². The number of hydrogen-bond donors (Lipinski definition) is 0. The maximum atomic E-state index is 5.43. The summed E-state index contributed by atoms with van der Waals surface area (Å²) in [7, 11) is 0. The van der Waals surface area contributed by atoms with Crippen LogP contribution in [-0.4, -0.2) is 82.3 Å². The van der Waals surface area contributed by atoms with Crippen LogP contribution in [0, 0.1) is 6.92 Å². The summed E-state index contributed by atoms with van der Waals surface area (Å²) >= 11 is 0. The van der Waals surface area contributed by atoms with E-state index in [1.54, 1.807) is 10.8 Å². The molecule has 3 aromatic heterocycles. The lowest BCUT2D eigenvalue weighted by Crippen LogP contribution is -2.47. The highest BCUT2D eigenvalue weighted by Crippen LogP contribution is 2.21. The summed E-state index contributed by atoms with van der Waals surface area (Å²) in [5.41, 5.74) is 0.775. The summed E-state index contributed by atoms with van der Waals surface area (Å²) in [6, 6.07) is 6.07. The lowest BCUT2D eigenvalue weighted by atomic mass is 10.3. The highest BCUT2D eigenvalue weighted by Gasteiger charge is 2.21. The van der Waals surface area contributed by atoms with Crippen LogP contribution in [0.1, 0.15) is 5.82 Å². The molecule has 146 valence electrons. The predicted octanol–water partition coefficient (Wildman–Crippen LogP) is 0.386. The Bertz CT molecular complexity index is 961. The number of aryl methyl sites for hydroxylation is 1. The number of anilines is 3. The number of fused-ring (bicyclic) bond motifs is 1. The molecule has 0 bridgehead atoms. The largest absolute Gasteiger partial charge is 0.378 e. The lowest BCUT2D eigenvalue weighted by molar-refractivity contribution is 0.122. The summed E-state index contributed by atoms with van der Waals surface area (Å²) in [6.45, 7) is 8.72. The minimum Gasteiger partial charge on any atom is -0.378 e. The topological polar surface area (TPSA) is 87.8 Å². The first-order valence-corrected chi connectivity index (χ1v) is 9.62. The third kappa shape index (κ3) is 3.19. The van der Waals surface area contributed by atoms with Crippen molar-refractivity contribution in [3.05, 3.63) is 30.4 Å². The summed E-state index contributed by atoms with van der Waals surface area (Å²) in [5, 5.41) is 12.9. The van der Waals surface area contributed by atoms with Crippen LogP contribution in [-0.2, 0) is 4.74 Å². The van der Waals surface area contributed by atoms with Gasteiger partial charge in [-0.05, 0) is 19.1 Å². The van der Waals surface area contributed by atoms with Crippen LogP contribution in [0.25, 0.3) is 5.65 Å². The SMILES string of the molecule is Cc1nnc2ccc(N3CCN(c4cc(N5CCOCC5)ncn4)CC3)nn12. The molecule has 0 radical (unpaired) electrons. The molecule has 0 aliphatic carbocycles. The van der Waals surface area contributed by atoms with Crippen LogP contribution < -0.4 is 14.7 Å². The molecule has 2 aliphatic rings. The van der Waals surface area contributed by atoms with Crippen molar-refractivity contribution in [3.63, 3.8) is 0 Å². The van der Waals surface area contributed by atoms with Gasteiger partial charge in [-0.25, -0.2) is 9.97 Å². The fourth-order valence-electron chi connectivity index (χ4n) is 3.70. The molecule has 0 aromatic carbocycles. The highest BCUT2D eigenvalue weighted by atomic mass is 16.5. The number of rotatable bonds is 3. The molecule has 28 heavy (non-hydrogen) atoms. The molecule has 0 unspecified atom stereocenters. The Morgan fingerprint density at radius 2 is 1.43 bits per heavy atom. The molecule has 10 nitrogen and oxygen atoms in total. The molecule has 10 heteroatoms. The molecule has 5 rings (SSSR count). The Morgan fingerprint density at radius 1 is 0.786 bits per heavy atom. The first-order chi connectivity index (χ1) is 13.8. The molecule has 2 aliphatic heterocycles. The van der Waals surface area contributed by atoms with E-state index >= 15 is 0 Å². The first-order valence-electron chi connectivity index (χ1n) is 9.62. The standard InChI is InChI=1S/C18H23N9O/c1-14-21-22-15-2-3-16(23-27(14)15)24-4-6-25(7-5-24)17-12-18(20-13-19-17)26-8-10-28-11-9-26/h2-3,12-13H,4-11H2,1H3. The van der Waals surface area contributed by atoms with E-state index in [4.69, 9.17) is 4.74 Å². The predicted molar refractivity (Wildman–Crippen MR) is 105 cm³/mol. The van der Waals surface area contributed by atoms with Crippen LogP contribution in [0.4, 0.5) is 17.5 Å². The van der Waals surface area contributed by atoms with Gasteiger partial charge in [-0.3, -0.25) is 0 Å². The quantitative estimate of drug-likeness (QED) is 0.639. The Balaban J connectivity index is 1.28. The molecule has 0 atom stereocenters. The maximum absolute atomic E-state index is 5.43. The second-order valence-electron chi connectivity index (χ2n) is 7.02. The van der Waals surface area contributed by atoms with E-state index in [1.807, 2.05) is 19.1 Å². The van der Waals surface area contributed by atoms with Crippen molar-refractivity contribution in [2.75, 3.05) is 67.2 Å². The fraction of sp³-hybridized carbons (Fsp3) is 0.500. The van der Waals surface area contributed by atoms with E-state index in [9.17, 15) is 0 Å². The molecule has 5 heterocycles. The van der Waals surface area contributed by atoms with Crippen LogP contribution >= 0.6 is 0 Å².